The molecule has 4 N–H and O–H groups in total. The molecule has 0 saturated heterocycles. The molecule has 0 spiro atoms. The lowest BCUT2D eigenvalue weighted by Gasteiger charge is -2.10. The average molecular weight is 276 g/mol. The van der Waals surface area contributed by atoms with Crippen LogP contribution in [0.2, 0.25) is 0 Å². The maximum atomic E-state index is 10.7. The van der Waals surface area contributed by atoms with Gasteiger partial charge in [0.1, 0.15) is 0 Å². The minimum atomic E-state index is -5.31. The number of aliphatic carboxylic acids is 1. The van der Waals surface area contributed by atoms with E-state index in [9.17, 15) is 18.7 Å². The molecule has 0 radical (unpaired) electrons. The van der Waals surface area contributed by atoms with E-state index >= 15 is 0 Å². The van der Waals surface area contributed by atoms with Gasteiger partial charge in [-0.25, -0.2) is 18.7 Å². The van der Waals surface area contributed by atoms with Gasteiger partial charge in [-0.3, -0.25) is 4.89 Å². The van der Waals surface area contributed by atoms with E-state index in [0.29, 0.717) is 6.08 Å². The van der Waals surface area contributed by atoms with Crippen molar-refractivity contribution < 1.29 is 47.3 Å². The van der Waals surface area contributed by atoms with Gasteiger partial charge < -0.3 is 19.4 Å². The largest absolute Gasteiger partial charge is 0.538 e. The highest BCUT2D eigenvalue weighted by Crippen LogP contribution is 2.57. The Morgan fingerprint density at radius 3 is 1.94 bits per heavy atom. The van der Waals surface area contributed by atoms with Crippen LogP contribution in [0.15, 0.2) is 12.2 Å². The summed E-state index contributed by atoms with van der Waals surface area (Å²) in [6.07, 6.45) is 0.550. The van der Waals surface area contributed by atoms with Gasteiger partial charge in [0.2, 0.25) is 0 Å². The van der Waals surface area contributed by atoms with E-state index in [2.05, 4.69) is 8.83 Å². The molecule has 0 rings (SSSR count). The van der Waals surface area contributed by atoms with Gasteiger partial charge in [0.05, 0.1) is 0 Å². The van der Waals surface area contributed by atoms with Crippen molar-refractivity contribution in [2.75, 3.05) is 0 Å². The van der Waals surface area contributed by atoms with Gasteiger partial charge in [-0.15, -0.1) is 0 Å². The van der Waals surface area contributed by atoms with Crippen LogP contribution in [-0.2, 0) is 27.6 Å². The van der Waals surface area contributed by atoms with Gasteiger partial charge in [-0.05, 0) is 0 Å². The molecular formula is C4H6O10P2. The fraction of sp³-hybridized carbons (Fsp3) is 0. The van der Waals surface area contributed by atoms with Gasteiger partial charge in [0, 0.05) is 12.2 Å². The molecule has 12 heteroatoms. The van der Waals surface area contributed by atoms with Crippen LogP contribution in [0.4, 0.5) is 0 Å². The first-order valence-corrected chi connectivity index (χ1v) is 6.29. The second-order valence-electron chi connectivity index (χ2n) is 2.12. The van der Waals surface area contributed by atoms with Crippen LogP contribution >= 0.6 is 15.6 Å². The van der Waals surface area contributed by atoms with E-state index in [4.69, 9.17) is 19.8 Å². The van der Waals surface area contributed by atoms with Crippen LogP contribution in [0.3, 0.4) is 0 Å². The van der Waals surface area contributed by atoms with Crippen LogP contribution in [0.5, 0.6) is 0 Å². The molecule has 0 aromatic heterocycles. The van der Waals surface area contributed by atoms with Crippen molar-refractivity contribution in [3.8, 4) is 0 Å². The van der Waals surface area contributed by atoms with E-state index in [1.807, 2.05) is 0 Å². The van der Waals surface area contributed by atoms with Crippen molar-refractivity contribution in [3.05, 3.63) is 12.2 Å². The number of carboxylic acid groups (broad SMARTS) is 1. The third-order valence-corrected chi connectivity index (χ3v) is 2.86. The lowest BCUT2D eigenvalue weighted by Crippen LogP contribution is -2.01. The minimum absolute atomic E-state index is 0.258. The number of hydrogen-bond donors (Lipinski definition) is 4. The number of rotatable bonds is 5. The molecule has 0 saturated carbocycles. The summed E-state index contributed by atoms with van der Waals surface area (Å²) in [5.74, 6) is -3.14. The third-order valence-electron chi connectivity index (χ3n) is 0.777. The summed E-state index contributed by atoms with van der Waals surface area (Å²) in [5, 5.41) is 8.07. The minimum Gasteiger partial charge on any atom is -0.478 e. The summed E-state index contributed by atoms with van der Waals surface area (Å²) < 4.78 is 27.7. The van der Waals surface area contributed by atoms with E-state index in [1.165, 1.54) is 0 Å². The molecule has 0 aliphatic heterocycles. The standard InChI is InChI=1S/C4H6O10P2/c5-3(6)1-2-4(7)13-16(11,12)14-15(8,9)10/h1-2H,(H,5,6)(H,11,12)(H2,8,9,10)/b2-1-. The Morgan fingerprint density at radius 1 is 1.06 bits per heavy atom. The summed E-state index contributed by atoms with van der Waals surface area (Å²) in [6.45, 7) is 0. The van der Waals surface area contributed by atoms with Crippen molar-refractivity contribution in [1.29, 1.82) is 0 Å². The maximum absolute atomic E-state index is 10.7. The Bertz CT molecular complexity index is 403. The van der Waals surface area contributed by atoms with Gasteiger partial charge in [-0.2, -0.15) is 4.31 Å². The number of phosphoric acid groups is 2. The van der Waals surface area contributed by atoms with Crippen LogP contribution in [-0.4, -0.2) is 31.7 Å². The Labute approximate surface area is 88.0 Å². The Kier molecular flexibility index (Phi) is 5.01. The summed E-state index contributed by atoms with van der Waals surface area (Å²) in [6, 6.07) is 0. The van der Waals surface area contributed by atoms with Crippen LogP contribution < -0.4 is 0 Å². The third kappa shape index (κ3) is 8.30. The molecule has 10 nitrogen and oxygen atoms in total. The normalized spacial score (nSPS) is 15.7. The predicted molar refractivity (Wildman–Crippen MR) is 45.8 cm³/mol. The molecule has 1 unspecified atom stereocenters. The molecule has 0 heterocycles. The number of phosphoric ester groups is 1. The van der Waals surface area contributed by atoms with Crippen molar-refractivity contribution in [2.45, 2.75) is 0 Å². The number of carboxylic acids is 1. The first kappa shape index (κ1) is 15.0. The molecule has 0 fully saturated rings. The zero-order valence-corrected chi connectivity index (χ0v) is 9.08. The van der Waals surface area contributed by atoms with Crippen molar-refractivity contribution in [3.63, 3.8) is 0 Å². The van der Waals surface area contributed by atoms with Gasteiger partial charge in [0.25, 0.3) is 0 Å². The molecule has 92 valence electrons. The van der Waals surface area contributed by atoms with E-state index < -0.39 is 27.6 Å². The van der Waals surface area contributed by atoms with E-state index in [0.717, 1.165) is 0 Å². The van der Waals surface area contributed by atoms with E-state index in [-0.39, 0.29) is 6.08 Å². The highest BCUT2D eigenvalue weighted by Gasteiger charge is 2.34. The quantitative estimate of drug-likeness (QED) is 0.375. The van der Waals surface area contributed by atoms with Crippen LogP contribution in [0.25, 0.3) is 0 Å². The molecule has 0 aliphatic carbocycles. The molecule has 0 amide bonds. The lowest BCUT2D eigenvalue weighted by molar-refractivity contribution is -0.133. The smallest absolute Gasteiger partial charge is 0.478 e. The summed E-state index contributed by atoms with van der Waals surface area (Å²) in [7, 11) is -10.6. The number of carbonyl (C=O) groups is 2. The summed E-state index contributed by atoms with van der Waals surface area (Å²) in [4.78, 5) is 45.4. The van der Waals surface area contributed by atoms with Crippen LogP contribution in [0.1, 0.15) is 0 Å². The van der Waals surface area contributed by atoms with Crippen molar-refractivity contribution in [2.24, 2.45) is 0 Å². The first-order chi connectivity index (χ1) is 7.02. The Balaban J connectivity index is 4.49. The highest BCUT2D eigenvalue weighted by molar-refractivity contribution is 7.61. The molecule has 0 aliphatic rings. The average Bonchev–Trinajstić information content (AvgIpc) is 1.94. The molecule has 16 heavy (non-hydrogen) atoms. The first-order valence-electron chi connectivity index (χ1n) is 3.26. The number of carbonyl (C=O) groups excluding carboxylic acids is 1. The van der Waals surface area contributed by atoms with Crippen molar-refractivity contribution in [1.82, 2.24) is 0 Å². The van der Waals surface area contributed by atoms with Crippen molar-refractivity contribution >= 4 is 27.6 Å². The second kappa shape index (κ2) is 5.35. The van der Waals surface area contributed by atoms with Gasteiger partial charge >= 0.3 is 27.6 Å². The fourth-order valence-corrected chi connectivity index (χ4v) is 1.93. The molecule has 0 aromatic rings. The number of hydrogen-bond acceptors (Lipinski definition) is 6. The Hall–Kier alpha value is -1.02. The molecule has 0 bridgehead atoms. The summed E-state index contributed by atoms with van der Waals surface area (Å²) >= 11 is 0. The maximum Gasteiger partial charge on any atom is 0.538 e. The predicted octanol–water partition coefficient (Wildman–Crippen LogP) is -0.620. The monoisotopic (exact) mass is 276 g/mol. The molecular weight excluding hydrogens is 270 g/mol. The second-order valence-corrected chi connectivity index (χ2v) is 4.88. The molecule has 0 aromatic carbocycles. The SMILES string of the molecule is O=C(O)/C=C\C(=O)OP(=O)(O)OP(=O)(O)O. The van der Waals surface area contributed by atoms with Crippen LogP contribution in [0, 0.1) is 0 Å². The zero-order chi connectivity index (χ0) is 13.0. The Morgan fingerprint density at radius 2 is 1.56 bits per heavy atom. The fourth-order valence-electron chi connectivity index (χ4n) is 0.435. The van der Waals surface area contributed by atoms with E-state index in [1.54, 1.807) is 0 Å². The van der Waals surface area contributed by atoms with Gasteiger partial charge in [0.15, 0.2) is 0 Å². The zero-order valence-electron chi connectivity index (χ0n) is 7.29. The lowest BCUT2D eigenvalue weighted by atomic mass is 10.5. The topological polar surface area (TPSA) is 168 Å². The van der Waals surface area contributed by atoms with Gasteiger partial charge in [-0.1, -0.05) is 0 Å². The highest BCUT2D eigenvalue weighted by atomic mass is 31.3. The summed E-state index contributed by atoms with van der Waals surface area (Å²) in [5.41, 5.74) is 0. The molecule has 1 atom stereocenters.